The summed E-state index contributed by atoms with van der Waals surface area (Å²) in [4.78, 5) is 37.8. The van der Waals surface area contributed by atoms with Gasteiger partial charge in [-0.2, -0.15) is 0 Å². The molecule has 0 fully saturated rings. The Morgan fingerprint density at radius 2 is 1.89 bits per heavy atom. The normalized spacial score (nSPS) is 12.9. The highest BCUT2D eigenvalue weighted by molar-refractivity contribution is 5.94. The SMILES string of the molecule is O=C(O)COc1ccc(CCNC(=O)c2cc3c([nH]c2=O)CCCC3)cc1. The predicted octanol–water partition coefficient (Wildman–Crippen LogP) is 1.69. The zero-order chi connectivity index (χ0) is 19.2. The second-order valence-electron chi connectivity index (χ2n) is 6.56. The van der Waals surface area contributed by atoms with Crippen LogP contribution in [0.4, 0.5) is 0 Å². The summed E-state index contributed by atoms with van der Waals surface area (Å²) in [6.07, 6.45) is 4.48. The quantitative estimate of drug-likeness (QED) is 0.687. The molecule has 3 rings (SSSR count). The number of aromatic amines is 1. The number of aromatic nitrogens is 1. The van der Waals surface area contributed by atoms with Crippen LogP contribution in [0.25, 0.3) is 0 Å². The van der Waals surface area contributed by atoms with Crippen LogP contribution in [0, 0.1) is 0 Å². The molecule has 1 aromatic heterocycles. The van der Waals surface area contributed by atoms with Crippen LogP contribution in [0.5, 0.6) is 5.75 Å². The lowest BCUT2D eigenvalue weighted by molar-refractivity contribution is -0.139. The second-order valence-corrected chi connectivity index (χ2v) is 6.56. The molecule has 0 bridgehead atoms. The van der Waals surface area contributed by atoms with Crippen LogP contribution in [0.2, 0.25) is 0 Å². The largest absolute Gasteiger partial charge is 0.482 e. The molecule has 142 valence electrons. The third-order valence-electron chi connectivity index (χ3n) is 4.57. The smallest absolute Gasteiger partial charge is 0.341 e. The lowest BCUT2D eigenvalue weighted by atomic mass is 9.95. The van der Waals surface area contributed by atoms with Crippen molar-refractivity contribution < 1.29 is 19.4 Å². The third kappa shape index (κ3) is 4.97. The molecule has 7 heteroatoms. The topological polar surface area (TPSA) is 108 Å². The van der Waals surface area contributed by atoms with Crippen molar-refractivity contribution in [2.24, 2.45) is 0 Å². The minimum atomic E-state index is -1.03. The molecule has 1 aromatic carbocycles. The number of carboxylic acids is 1. The Morgan fingerprint density at radius 1 is 1.15 bits per heavy atom. The van der Waals surface area contributed by atoms with Gasteiger partial charge in [-0.1, -0.05) is 12.1 Å². The first kappa shape index (κ1) is 18.7. The van der Waals surface area contributed by atoms with Crippen molar-refractivity contribution in [1.29, 1.82) is 0 Å². The number of fused-ring (bicyclic) bond motifs is 1. The molecule has 0 aliphatic heterocycles. The Kier molecular flexibility index (Phi) is 5.90. The molecule has 0 radical (unpaired) electrons. The number of nitrogens with one attached hydrogen (secondary N) is 2. The van der Waals surface area contributed by atoms with E-state index in [9.17, 15) is 14.4 Å². The minimum Gasteiger partial charge on any atom is -0.482 e. The van der Waals surface area contributed by atoms with E-state index in [1.165, 1.54) is 0 Å². The van der Waals surface area contributed by atoms with E-state index in [4.69, 9.17) is 9.84 Å². The molecule has 2 aromatic rings. The molecule has 3 N–H and O–H groups in total. The lowest BCUT2D eigenvalue weighted by Gasteiger charge is -2.16. The molecule has 0 saturated heterocycles. The number of hydrogen-bond donors (Lipinski definition) is 3. The summed E-state index contributed by atoms with van der Waals surface area (Å²) in [5.41, 5.74) is 2.80. The number of carbonyl (C=O) groups excluding carboxylic acids is 1. The molecular formula is C20H22N2O5. The predicted molar refractivity (Wildman–Crippen MR) is 99.3 cm³/mol. The fourth-order valence-corrected chi connectivity index (χ4v) is 3.16. The number of H-pyrrole nitrogens is 1. The average Bonchev–Trinajstić information content (AvgIpc) is 2.66. The van der Waals surface area contributed by atoms with Gasteiger partial charge in [0.2, 0.25) is 0 Å². The van der Waals surface area contributed by atoms with Gasteiger partial charge in [0, 0.05) is 12.2 Å². The van der Waals surface area contributed by atoms with Crippen molar-refractivity contribution in [3.63, 3.8) is 0 Å². The van der Waals surface area contributed by atoms with Gasteiger partial charge in [0.15, 0.2) is 6.61 Å². The summed E-state index contributed by atoms with van der Waals surface area (Å²) in [5.74, 6) is -0.921. The van der Waals surface area contributed by atoms with Gasteiger partial charge in [-0.05, 0) is 61.4 Å². The highest BCUT2D eigenvalue weighted by Gasteiger charge is 2.16. The van der Waals surface area contributed by atoms with Crippen molar-refractivity contribution in [3.8, 4) is 5.75 Å². The number of carboxylic acid groups (broad SMARTS) is 1. The number of ether oxygens (including phenoxy) is 1. The van der Waals surface area contributed by atoms with Gasteiger partial charge >= 0.3 is 5.97 Å². The highest BCUT2D eigenvalue weighted by atomic mass is 16.5. The lowest BCUT2D eigenvalue weighted by Crippen LogP contribution is -2.32. The maximum atomic E-state index is 12.3. The Balaban J connectivity index is 1.54. The maximum Gasteiger partial charge on any atom is 0.341 e. The van der Waals surface area contributed by atoms with E-state index in [1.54, 1.807) is 18.2 Å². The number of benzene rings is 1. The van der Waals surface area contributed by atoms with Gasteiger partial charge in [-0.25, -0.2) is 4.79 Å². The van der Waals surface area contributed by atoms with E-state index in [0.717, 1.165) is 42.5 Å². The molecule has 1 aliphatic rings. The van der Waals surface area contributed by atoms with E-state index < -0.39 is 5.97 Å². The van der Waals surface area contributed by atoms with Gasteiger partial charge in [0.25, 0.3) is 11.5 Å². The van der Waals surface area contributed by atoms with Crippen molar-refractivity contribution in [2.45, 2.75) is 32.1 Å². The minimum absolute atomic E-state index is 0.160. The first-order chi connectivity index (χ1) is 13.0. The van der Waals surface area contributed by atoms with E-state index in [-0.39, 0.29) is 23.6 Å². The summed E-state index contributed by atoms with van der Waals surface area (Å²) in [5, 5.41) is 11.4. The number of rotatable bonds is 7. The van der Waals surface area contributed by atoms with Gasteiger partial charge in [0.1, 0.15) is 11.3 Å². The molecule has 0 atom stereocenters. The van der Waals surface area contributed by atoms with Crippen LogP contribution < -0.4 is 15.6 Å². The summed E-state index contributed by atoms with van der Waals surface area (Å²) < 4.78 is 5.07. The molecular weight excluding hydrogens is 348 g/mol. The van der Waals surface area contributed by atoms with Crippen LogP contribution in [-0.4, -0.2) is 35.1 Å². The monoisotopic (exact) mass is 370 g/mol. The van der Waals surface area contributed by atoms with Crippen LogP contribution >= 0.6 is 0 Å². The molecule has 0 saturated carbocycles. The molecule has 1 heterocycles. The summed E-state index contributed by atoms with van der Waals surface area (Å²) >= 11 is 0. The van der Waals surface area contributed by atoms with Gasteiger partial charge in [0.05, 0.1) is 0 Å². The number of pyridine rings is 1. The standard InChI is InChI=1S/C20H22N2O5/c23-18(24)12-27-15-7-5-13(6-8-15)9-10-21-19(25)16-11-14-3-1-2-4-17(14)22-20(16)26/h5-8,11H,1-4,9-10,12H2,(H,21,25)(H,22,26)(H,23,24). The maximum absolute atomic E-state index is 12.3. The van der Waals surface area contributed by atoms with E-state index in [0.29, 0.717) is 18.7 Å². The van der Waals surface area contributed by atoms with Crippen LogP contribution in [-0.2, 0) is 24.1 Å². The van der Waals surface area contributed by atoms with Crippen molar-refractivity contribution in [3.05, 3.63) is 63.1 Å². The first-order valence-electron chi connectivity index (χ1n) is 9.00. The third-order valence-corrected chi connectivity index (χ3v) is 4.57. The molecule has 0 unspecified atom stereocenters. The zero-order valence-electron chi connectivity index (χ0n) is 14.9. The number of aryl methyl sites for hydroxylation is 2. The zero-order valence-corrected chi connectivity index (χ0v) is 14.9. The fraction of sp³-hybridized carbons (Fsp3) is 0.350. The van der Waals surface area contributed by atoms with Gasteiger partial charge in [-0.3, -0.25) is 9.59 Å². The molecule has 0 spiro atoms. The van der Waals surface area contributed by atoms with Crippen LogP contribution in [0.15, 0.2) is 35.1 Å². The molecule has 1 aliphatic carbocycles. The Hall–Kier alpha value is -3.09. The fourth-order valence-electron chi connectivity index (χ4n) is 3.16. The van der Waals surface area contributed by atoms with E-state index in [1.807, 2.05) is 12.1 Å². The molecule has 7 nitrogen and oxygen atoms in total. The molecule has 1 amide bonds. The van der Waals surface area contributed by atoms with Crippen molar-refractivity contribution in [2.75, 3.05) is 13.2 Å². The van der Waals surface area contributed by atoms with Crippen LogP contribution in [0.3, 0.4) is 0 Å². The molecule has 27 heavy (non-hydrogen) atoms. The first-order valence-corrected chi connectivity index (χ1v) is 9.00. The Labute approximate surface area is 156 Å². The van der Waals surface area contributed by atoms with E-state index >= 15 is 0 Å². The number of aliphatic carboxylic acids is 1. The highest BCUT2D eigenvalue weighted by Crippen LogP contribution is 2.18. The Bertz CT molecular complexity index is 886. The van der Waals surface area contributed by atoms with Gasteiger partial charge in [-0.15, -0.1) is 0 Å². The average molecular weight is 370 g/mol. The summed E-state index contributed by atoms with van der Waals surface area (Å²) in [6.45, 7) is 0.00934. The van der Waals surface area contributed by atoms with Gasteiger partial charge < -0.3 is 20.1 Å². The Morgan fingerprint density at radius 3 is 2.63 bits per heavy atom. The van der Waals surface area contributed by atoms with Crippen molar-refractivity contribution in [1.82, 2.24) is 10.3 Å². The van der Waals surface area contributed by atoms with Crippen LogP contribution in [0.1, 0.15) is 40.0 Å². The summed E-state index contributed by atoms with van der Waals surface area (Å²) in [6, 6.07) is 8.73. The number of carbonyl (C=O) groups is 2. The number of amides is 1. The second kappa shape index (κ2) is 8.53. The van der Waals surface area contributed by atoms with E-state index in [2.05, 4.69) is 10.3 Å². The summed E-state index contributed by atoms with van der Waals surface area (Å²) in [7, 11) is 0. The van der Waals surface area contributed by atoms with Crippen molar-refractivity contribution >= 4 is 11.9 Å². The number of hydrogen-bond acceptors (Lipinski definition) is 4.